The molecule has 2 aromatic carbocycles. The molecule has 0 radical (unpaired) electrons. The van der Waals surface area contributed by atoms with Gasteiger partial charge >= 0.3 is 12.1 Å². The fourth-order valence-electron chi connectivity index (χ4n) is 5.89. The van der Waals surface area contributed by atoms with Gasteiger partial charge in [-0.05, 0) is 96.9 Å². The summed E-state index contributed by atoms with van der Waals surface area (Å²) in [4.78, 5) is 35.0. The molecular formula is C36H58N6O2. The van der Waals surface area contributed by atoms with Crippen LogP contribution in [0.4, 0.5) is 32.3 Å². The van der Waals surface area contributed by atoms with Crippen molar-refractivity contribution in [1.82, 2.24) is 9.80 Å². The fraction of sp³-hybridized carbons (Fsp3) is 0.611. The molecule has 2 N–H and O–H groups in total. The van der Waals surface area contributed by atoms with Gasteiger partial charge in [-0.25, -0.2) is 9.59 Å². The second kappa shape index (κ2) is 15.0. The van der Waals surface area contributed by atoms with Gasteiger partial charge in [-0.1, -0.05) is 41.5 Å². The van der Waals surface area contributed by atoms with Gasteiger partial charge in [0, 0.05) is 77.1 Å². The monoisotopic (exact) mass is 606 g/mol. The number of urea groups is 2. The second-order valence-electron chi connectivity index (χ2n) is 15.5. The summed E-state index contributed by atoms with van der Waals surface area (Å²) in [5.41, 5.74) is 3.82. The molecule has 2 aromatic rings. The zero-order valence-electron chi connectivity index (χ0n) is 29.0. The number of anilines is 4. The minimum absolute atomic E-state index is 0.00305. The smallest absolute Gasteiger partial charge is 0.321 e. The SMILES string of the molecule is CN(C)c1ccc(NC(=O)N(CC(C)(C)C)C[C@H]2CC[C@@H](CN(CC(C)(C)C)C(=O)Nc3ccc(N(C)C)cc3)CC2)cc1. The summed E-state index contributed by atoms with van der Waals surface area (Å²) in [7, 11) is 8.04. The van der Waals surface area contributed by atoms with Crippen molar-refractivity contribution in [3.05, 3.63) is 48.5 Å². The first-order chi connectivity index (χ1) is 20.5. The quantitative estimate of drug-likeness (QED) is 0.287. The predicted octanol–water partition coefficient (Wildman–Crippen LogP) is 8.09. The van der Waals surface area contributed by atoms with Crippen molar-refractivity contribution in [2.24, 2.45) is 22.7 Å². The van der Waals surface area contributed by atoms with Gasteiger partial charge in [0.05, 0.1) is 0 Å². The van der Waals surface area contributed by atoms with Crippen LogP contribution in [0.1, 0.15) is 67.2 Å². The van der Waals surface area contributed by atoms with Gasteiger partial charge in [-0.15, -0.1) is 0 Å². The molecule has 1 saturated carbocycles. The summed E-state index contributed by atoms with van der Waals surface area (Å²) in [6.45, 7) is 16.0. The molecule has 0 bridgehead atoms. The maximum atomic E-state index is 13.5. The van der Waals surface area contributed by atoms with E-state index in [0.29, 0.717) is 24.9 Å². The Morgan fingerprint density at radius 3 is 1.14 bits per heavy atom. The van der Waals surface area contributed by atoms with Crippen LogP contribution in [0, 0.1) is 22.7 Å². The Labute approximate surface area is 267 Å². The molecule has 244 valence electrons. The lowest BCUT2D eigenvalue weighted by atomic mass is 9.81. The topological polar surface area (TPSA) is 71.2 Å². The van der Waals surface area contributed by atoms with Crippen molar-refractivity contribution in [2.75, 3.05) is 74.8 Å². The van der Waals surface area contributed by atoms with Crippen molar-refractivity contribution >= 4 is 34.8 Å². The van der Waals surface area contributed by atoms with Gasteiger partial charge in [0.25, 0.3) is 0 Å². The molecule has 1 aliphatic carbocycles. The molecule has 8 heteroatoms. The van der Waals surface area contributed by atoms with Gasteiger partial charge in [-0.2, -0.15) is 0 Å². The summed E-state index contributed by atoms with van der Waals surface area (Å²) in [5, 5.41) is 6.27. The summed E-state index contributed by atoms with van der Waals surface area (Å²) in [5.74, 6) is 0.908. The number of hydrogen-bond acceptors (Lipinski definition) is 4. The maximum absolute atomic E-state index is 13.5. The van der Waals surface area contributed by atoms with Crippen LogP contribution < -0.4 is 20.4 Å². The van der Waals surface area contributed by atoms with Crippen LogP contribution in [0.3, 0.4) is 0 Å². The molecule has 0 spiro atoms. The lowest BCUT2D eigenvalue weighted by Gasteiger charge is -2.38. The zero-order chi connectivity index (χ0) is 32.7. The first-order valence-corrected chi connectivity index (χ1v) is 16.2. The molecule has 0 unspecified atom stereocenters. The van der Waals surface area contributed by atoms with Gasteiger partial charge in [0.2, 0.25) is 0 Å². The van der Waals surface area contributed by atoms with Gasteiger partial charge in [0.1, 0.15) is 0 Å². The predicted molar refractivity (Wildman–Crippen MR) is 187 cm³/mol. The van der Waals surface area contributed by atoms with Crippen LogP contribution >= 0.6 is 0 Å². The summed E-state index contributed by atoms with van der Waals surface area (Å²) in [6.07, 6.45) is 4.25. The largest absolute Gasteiger partial charge is 0.378 e. The fourth-order valence-corrected chi connectivity index (χ4v) is 5.89. The van der Waals surface area contributed by atoms with Crippen molar-refractivity contribution in [2.45, 2.75) is 67.2 Å². The lowest BCUT2D eigenvalue weighted by molar-refractivity contribution is 0.135. The van der Waals surface area contributed by atoms with Gasteiger partial charge in [0.15, 0.2) is 0 Å². The minimum Gasteiger partial charge on any atom is -0.378 e. The van der Waals surface area contributed by atoms with Gasteiger partial charge < -0.3 is 30.2 Å². The maximum Gasteiger partial charge on any atom is 0.321 e. The number of rotatable bonds is 10. The van der Waals surface area contributed by atoms with E-state index in [0.717, 1.165) is 61.5 Å². The summed E-state index contributed by atoms with van der Waals surface area (Å²) < 4.78 is 0. The third kappa shape index (κ3) is 11.6. The molecule has 0 aromatic heterocycles. The molecule has 1 fully saturated rings. The summed E-state index contributed by atoms with van der Waals surface area (Å²) >= 11 is 0. The van der Waals surface area contributed by atoms with Crippen LogP contribution in [-0.2, 0) is 0 Å². The van der Waals surface area contributed by atoms with Crippen LogP contribution in [0.15, 0.2) is 48.5 Å². The molecule has 0 saturated heterocycles. The lowest BCUT2D eigenvalue weighted by Crippen LogP contribution is -2.45. The third-order valence-electron chi connectivity index (χ3n) is 8.10. The number of hydrogen-bond donors (Lipinski definition) is 2. The normalized spacial score (nSPS) is 17.0. The Kier molecular flexibility index (Phi) is 12.0. The molecule has 0 heterocycles. The molecule has 3 rings (SSSR count). The number of carbonyl (C=O) groups is 2. The average molecular weight is 607 g/mol. The van der Waals surface area contributed by atoms with E-state index in [-0.39, 0.29) is 22.9 Å². The van der Waals surface area contributed by atoms with Crippen LogP contribution in [-0.4, -0.2) is 76.2 Å². The summed E-state index contributed by atoms with van der Waals surface area (Å²) in [6, 6.07) is 15.9. The molecule has 0 aliphatic heterocycles. The highest BCUT2D eigenvalue weighted by Gasteiger charge is 2.30. The van der Waals surface area contributed by atoms with E-state index in [9.17, 15) is 9.59 Å². The molecule has 0 atom stereocenters. The van der Waals surface area contributed by atoms with Crippen molar-refractivity contribution in [1.29, 1.82) is 0 Å². The number of nitrogens with one attached hydrogen (secondary N) is 2. The zero-order valence-corrected chi connectivity index (χ0v) is 29.0. The van der Waals surface area contributed by atoms with Crippen LogP contribution in [0.25, 0.3) is 0 Å². The van der Waals surface area contributed by atoms with E-state index in [1.165, 1.54) is 0 Å². The Hall–Kier alpha value is -3.42. The third-order valence-corrected chi connectivity index (χ3v) is 8.10. The first kappa shape index (κ1) is 35.1. The average Bonchev–Trinajstić information content (AvgIpc) is 2.92. The Morgan fingerprint density at radius 1 is 0.591 bits per heavy atom. The van der Waals surface area contributed by atoms with Gasteiger partial charge in [-0.3, -0.25) is 0 Å². The van der Waals surface area contributed by atoms with Crippen LogP contribution in [0.2, 0.25) is 0 Å². The highest BCUT2D eigenvalue weighted by Crippen LogP contribution is 2.32. The molecular weight excluding hydrogens is 548 g/mol. The Balaban J connectivity index is 1.59. The minimum atomic E-state index is -0.0358. The van der Waals surface area contributed by atoms with E-state index in [1.807, 2.05) is 96.3 Å². The number of benzene rings is 2. The Morgan fingerprint density at radius 2 is 0.886 bits per heavy atom. The molecule has 44 heavy (non-hydrogen) atoms. The number of amides is 4. The van der Waals surface area contributed by atoms with Crippen molar-refractivity contribution in [3.63, 3.8) is 0 Å². The molecule has 8 nitrogen and oxygen atoms in total. The number of carbonyl (C=O) groups excluding carboxylic acids is 2. The molecule has 1 aliphatic rings. The molecule has 4 amide bonds. The van der Waals surface area contributed by atoms with E-state index < -0.39 is 0 Å². The highest BCUT2D eigenvalue weighted by molar-refractivity contribution is 5.90. The van der Waals surface area contributed by atoms with Crippen molar-refractivity contribution < 1.29 is 9.59 Å². The first-order valence-electron chi connectivity index (χ1n) is 16.2. The number of nitrogens with zero attached hydrogens (tertiary/aromatic N) is 4. The standard InChI is InChI=1S/C36H58N6O2/c1-35(2,3)25-41(33(43)37-29-15-19-31(20-16-29)39(7)8)23-27-11-13-28(14-12-27)24-42(26-36(4,5)6)34(44)38-30-17-21-32(22-18-30)40(9)10/h15-22,27-28H,11-14,23-26H2,1-10H3,(H,37,43)(H,38,44)/t27-,28+. The van der Waals surface area contributed by atoms with E-state index in [2.05, 4.69) is 52.2 Å². The second-order valence-corrected chi connectivity index (χ2v) is 15.5. The highest BCUT2D eigenvalue weighted by atomic mass is 16.2. The Bertz CT molecular complexity index is 1090. The van der Waals surface area contributed by atoms with Crippen molar-refractivity contribution in [3.8, 4) is 0 Å². The van der Waals surface area contributed by atoms with E-state index >= 15 is 0 Å². The van der Waals surface area contributed by atoms with Crippen LogP contribution in [0.5, 0.6) is 0 Å². The van der Waals surface area contributed by atoms with E-state index in [1.54, 1.807) is 0 Å². The van der Waals surface area contributed by atoms with E-state index in [4.69, 9.17) is 0 Å².